The number of fused-ring (bicyclic) bond motifs is 1. The molecule has 0 aliphatic heterocycles. The molecule has 0 bridgehead atoms. The number of rotatable bonds is 34. The van der Waals surface area contributed by atoms with Crippen molar-refractivity contribution >= 4 is 20.9 Å². The van der Waals surface area contributed by atoms with Crippen LogP contribution in [-0.4, -0.2) is 110 Å². The quantitative estimate of drug-likeness (QED) is 0.0327. The lowest BCUT2D eigenvalue weighted by Crippen LogP contribution is -2.35. The minimum absolute atomic E-state index is 0.0773. The van der Waals surface area contributed by atoms with Gasteiger partial charge >= 0.3 is 0 Å². The molecule has 4 aromatic rings. The van der Waals surface area contributed by atoms with E-state index in [1.165, 1.54) is 23.3 Å². The number of hydrogen-bond acceptors (Lipinski definition) is 12. The first-order valence-electron chi connectivity index (χ1n) is 24.7. The summed E-state index contributed by atoms with van der Waals surface area (Å²) in [6.07, 6.45) is 2.11. The molecule has 0 aromatic heterocycles. The molecule has 0 unspecified atom stereocenters. The van der Waals surface area contributed by atoms with Crippen LogP contribution in [0, 0.1) is 6.92 Å². The van der Waals surface area contributed by atoms with Crippen molar-refractivity contribution in [2.24, 2.45) is 0 Å². The van der Waals surface area contributed by atoms with Crippen LogP contribution in [0.3, 0.4) is 0 Å². The van der Waals surface area contributed by atoms with Crippen molar-refractivity contribution in [3.8, 4) is 17.2 Å². The van der Waals surface area contributed by atoms with E-state index in [0.717, 1.165) is 46.4 Å². The number of ether oxygens (including phenoxy) is 9. The fourth-order valence-electron chi connectivity index (χ4n) is 7.41. The minimum atomic E-state index is -3.84. The molecular formula is C56H84O12S. The highest BCUT2D eigenvalue weighted by Crippen LogP contribution is 2.35. The van der Waals surface area contributed by atoms with E-state index in [-0.39, 0.29) is 23.7 Å². The minimum Gasteiger partial charge on any atom is -0.491 e. The van der Waals surface area contributed by atoms with Gasteiger partial charge in [0.2, 0.25) is 0 Å². The van der Waals surface area contributed by atoms with Crippen LogP contribution in [0.15, 0.2) is 83.8 Å². The van der Waals surface area contributed by atoms with Gasteiger partial charge in [-0.3, -0.25) is 4.18 Å². The Morgan fingerprint density at radius 3 is 1.42 bits per heavy atom. The topological polar surface area (TPSA) is 126 Å². The van der Waals surface area contributed by atoms with E-state index in [2.05, 4.69) is 73.6 Å². The maximum absolute atomic E-state index is 12.5. The Hall–Kier alpha value is -3.79. The molecule has 0 saturated carbocycles. The zero-order chi connectivity index (χ0) is 50.7. The number of para-hydroxylation sites is 1. The van der Waals surface area contributed by atoms with Gasteiger partial charge in [-0.2, -0.15) is 8.42 Å². The molecule has 0 amide bonds. The van der Waals surface area contributed by atoms with Crippen molar-refractivity contribution in [1.82, 2.24) is 0 Å². The maximum Gasteiger partial charge on any atom is 0.297 e. The lowest BCUT2D eigenvalue weighted by Gasteiger charge is -2.30. The summed E-state index contributed by atoms with van der Waals surface area (Å²) in [5, 5.41) is 1.91. The van der Waals surface area contributed by atoms with Crippen molar-refractivity contribution in [2.45, 2.75) is 148 Å². The summed E-state index contributed by atoms with van der Waals surface area (Å²) in [7, 11) is -3.84. The molecule has 386 valence electrons. The van der Waals surface area contributed by atoms with E-state index in [1.807, 2.05) is 71.0 Å². The van der Waals surface area contributed by atoms with Gasteiger partial charge in [-0.1, -0.05) is 87.9 Å². The molecule has 0 N–H and O–H groups in total. The molecule has 0 atom stereocenters. The van der Waals surface area contributed by atoms with Crippen LogP contribution in [0.2, 0.25) is 0 Å². The molecule has 0 fully saturated rings. The highest BCUT2D eigenvalue weighted by molar-refractivity contribution is 7.86. The van der Waals surface area contributed by atoms with Gasteiger partial charge in [0.1, 0.15) is 37.1 Å². The monoisotopic (exact) mass is 981 g/mol. The van der Waals surface area contributed by atoms with Crippen molar-refractivity contribution in [1.29, 1.82) is 0 Å². The Morgan fingerprint density at radius 2 is 0.884 bits per heavy atom. The predicted octanol–water partition coefficient (Wildman–Crippen LogP) is 12.0. The Labute approximate surface area is 415 Å². The average molecular weight is 981 g/mol. The molecule has 4 rings (SSSR count). The van der Waals surface area contributed by atoms with Crippen LogP contribution in [0.25, 0.3) is 10.8 Å². The first kappa shape index (κ1) is 57.8. The number of benzene rings is 4. The van der Waals surface area contributed by atoms with Crippen molar-refractivity contribution in [3.63, 3.8) is 0 Å². The number of hydrogen-bond donors (Lipinski definition) is 0. The van der Waals surface area contributed by atoms with Crippen LogP contribution >= 0.6 is 0 Å². The maximum atomic E-state index is 12.5. The summed E-state index contributed by atoms with van der Waals surface area (Å²) < 4.78 is 85.4. The molecule has 0 saturated heterocycles. The van der Waals surface area contributed by atoms with E-state index in [4.69, 9.17) is 46.8 Å². The highest BCUT2D eigenvalue weighted by Gasteiger charge is 2.25. The summed E-state index contributed by atoms with van der Waals surface area (Å²) in [4.78, 5) is 0.127. The molecule has 0 radical (unpaired) electrons. The fraction of sp³-hybridized carbons (Fsp3) is 0.607. The van der Waals surface area contributed by atoms with E-state index >= 15 is 0 Å². The molecule has 12 nitrogen and oxygen atoms in total. The normalized spacial score (nSPS) is 12.9. The lowest BCUT2D eigenvalue weighted by atomic mass is 9.94. The summed E-state index contributed by atoms with van der Waals surface area (Å²) in [6.45, 7) is 31.5. The zero-order valence-corrected chi connectivity index (χ0v) is 44.9. The first-order valence-corrected chi connectivity index (χ1v) is 26.1. The summed E-state index contributed by atoms with van der Waals surface area (Å²) in [5.41, 5.74) is 1.65. The summed E-state index contributed by atoms with van der Waals surface area (Å²) >= 11 is 0. The molecule has 0 aliphatic carbocycles. The molecule has 0 heterocycles. The van der Waals surface area contributed by atoms with Crippen molar-refractivity contribution in [2.75, 3.05) is 79.3 Å². The van der Waals surface area contributed by atoms with Crippen LogP contribution in [0.1, 0.15) is 131 Å². The van der Waals surface area contributed by atoms with Crippen LogP contribution in [-0.2, 0) is 42.7 Å². The standard InChI is InChI=1S/C56H84O12S/c1-42(2)46-17-14-18-47(43(3)4)52(46)63-36-33-59-30-27-53(6,7)64-31-28-54(8,9)66-38-37-62-51-22-16-19-48-49(51)20-15-21-50(48)61-35-34-60-41-56(12,13)65-32-29-55(10,11)67-39-40-68-69(57,58)45-25-23-44(5)24-26-45/h14-26,42-43H,27-41H2,1-13H3. The second-order valence-electron chi connectivity index (χ2n) is 20.7. The van der Waals surface area contributed by atoms with Crippen molar-refractivity contribution < 1.29 is 55.2 Å². The Bertz CT molecular complexity index is 2210. The third-order valence-corrected chi connectivity index (χ3v) is 13.1. The van der Waals surface area contributed by atoms with Gasteiger partial charge in [0, 0.05) is 17.4 Å². The van der Waals surface area contributed by atoms with Gasteiger partial charge in [0.25, 0.3) is 10.1 Å². The molecule has 13 heteroatoms. The average Bonchev–Trinajstić information content (AvgIpc) is 3.27. The molecule has 4 aromatic carbocycles. The van der Waals surface area contributed by atoms with E-state index in [9.17, 15) is 8.42 Å². The highest BCUT2D eigenvalue weighted by atomic mass is 32.2. The first-order chi connectivity index (χ1) is 32.5. The fourth-order valence-corrected chi connectivity index (χ4v) is 8.31. The van der Waals surface area contributed by atoms with Gasteiger partial charge in [-0.15, -0.1) is 0 Å². The third kappa shape index (κ3) is 20.5. The van der Waals surface area contributed by atoms with Crippen molar-refractivity contribution in [3.05, 3.63) is 95.6 Å². The largest absolute Gasteiger partial charge is 0.491 e. The van der Waals surface area contributed by atoms with Gasteiger partial charge in [0.15, 0.2) is 0 Å². The lowest BCUT2D eigenvalue weighted by molar-refractivity contribution is -0.102. The second kappa shape index (κ2) is 27.1. The predicted molar refractivity (Wildman–Crippen MR) is 275 cm³/mol. The van der Waals surface area contributed by atoms with Crippen LogP contribution in [0.5, 0.6) is 17.2 Å². The second-order valence-corrected chi connectivity index (χ2v) is 22.3. The van der Waals surface area contributed by atoms with Crippen LogP contribution < -0.4 is 14.2 Å². The van der Waals surface area contributed by atoms with Crippen LogP contribution in [0.4, 0.5) is 0 Å². The van der Waals surface area contributed by atoms with E-state index in [0.29, 0.717) is 84.3 Å². The van der Waals surface area contributed by atoms with Gasteiger partial charge in [0.05, 0.1) is 80.2 Å². The molecule has 0 aliphatic rings. The van der Waals surface area contributed by atoms with Gasteiger partial charge < -0.3 is 42.6 Å². The number of aryl methyl sites for hydroxylation is 1. The zero-order valence-electron chi connectivity index (χ0n) is 44.1. The Kier molecular flexibility index (Phi) is 22.7. The smallest absolute Gasteiger partial charge is 0.297 e. The SMILES string of the molecule is Cc1ccc(S(=O)(=O)OCCOC(C)(C)CCOC(C)(C)COCCOc2cccc3c(OCCOC(C)(C)CCOC(C)(C)CCOCCOc4c(C(C)C)cccc4C(C)C)cccc23)cc1. The summed E-state index contributed by atoms with van der Waals surface area (Å²) in [5.74, 6) is 3.30. The van der Waals surface area contributed by atoms with E-state index < -0.39 is 26.9 Å². The van der Waals surface area contributed by atoms with Gasteiger partial charge in [-0.25, -0.2) is 0 Å². The molecule has 0 spiro atoms. The molecular weight excluding hydrogens is 897 g/mol. The summed E-state index contributed by atoms with van der Waals surface area (Å²) in [6, 6.07) is 24.9. The third-order valence-electron chi connectivity index (χ3n) is 11.8. The van der Waals surface area contributed by atoms with E-state index in [1.54, 1.807) is 12.1 Å². The Morgan fingerprint density at radius 1 is 0.449 bits per heavy atom. The Balaban J connectivity index is 1.08. The van der Waals surface area contributed by atoms with Gasteiger partial charge in [-0.05, 0) is 129 Å². The molecule has 69 heavy (non-hydrogen) atoms.